The van der Waals surface area contributed by atoms with Gasteiger partial charge in [-0.25, -0.2) is 4.98 Å². The van der Waals surface area contributed by atoms with Crippen LogP contribution in [0.2, 0.25) is 0 Å². The summed E-state index contributed by atoms with van der Waals surface area (Å²) in [5.41, 5.74) is 3.68. The third-order valence-electron chi connectivity index (χ3n) is 6.47. The molecule has 0 aliphatic carbocycles. The van der Waals surface area contributed by atoms with Gasteiger partial charge in [0.1, 0.15) is 17.1 Å². The third kappa shape index (κ3) is 4.70. The van der Waals surface area contributed by atoms with Gasteiger partial charge >= 0.3 is 0 Å². The summed E-state index contributed by atoms with van der Waals surface area (Å²) in [6.45, 7) is 4.72. The summed E-state index contributed by atoms with van der Waals surface area (Å²) in [6.07, 6.45) is 4.90. The predicted octanol–water partition coefficient (Wildman–Crippen LogP) is 3.17. The van der Waals surface area contributed by atoms with Crippen LogP contribution in [0, 0.1) is 5.92 Å². The van der Waals surface area contributed by atoms with Crippen molar-refractivity contribution in [1.29, 1.82) is 0 Å². The topological polar surface area (TPSA) is 84.7 Å². The number of fused-ring (bicyclic) bond motifs is 1. The molecule has 5 rings (SSSR count). The van der Waals surface area contributed by atoms with Gasteiger partial charge in [0.25, 0.3) is 0 Å². The highest BCUT2D eigenvalue weighted by molar-refractivity contribution is 7.59. The van der Waals surface area contributed by atoms with Gasteiger partial charge < -0.3 is 23.5 Å². The monoisotopic (exact) mass is 485 g/mol. The number of hydrogen-bond acceptors (Lipinski definition) is 7. The number of pyridine rings is 2. The van der Waals surface area contributed by atoms with E-state index in [2.05, 4.69) is 4.98 Å². The van der Waals surface area contributed by atoms with Gasteiger partial charge in [-0.3, -0.25) is 9.78 Å². The Morgan fingerprint density at radius 1 is 1.26 bits per heavy atom. The van der Waals surface area contributed by atoms with Crippen LogP contribution in [0.1, 0.15) is 24.7 Å². The SMILES string of the molecule is CO[C@]1(c2cc(OCC3COC3)cc(-c3cn(C)c4cnc(CC(C)=O)cc34)n2)CCOC1.S. The van der Waals surface area contributed by atoms with Gasteiger partial charge in [-0.1, -0.05) is 0 Å². The van der Waals surface area contributed by atoms with Crippen LogP contribution in [0.15, 0.2) is 30.6 Å². The standard InChI is InChI=1S/C25H29N3O5.H2S/c1-16(29)6-18-7-20-21(11-28(2)23(20)10-26-18)22-8-19(33-14-17-12-32-13-17)9-24(27-22)25(30-3)4-5-31-15-25;/h7-11,17H,4-6,12-15H2,1-3H3;1H2/t25-;/m1./s1. The Balaban J connectivity index is 0.00000274. The summed E-state index contributed by atoms with van der Waals surface area (Å²) < 4.78 is 25.1. The summed E-state index contributed by atoms with van der Waals surface area (Å²) in [7, 11) is 3.68. The number of ether oxygens (including phenoxy) is 4. The maximum atomic E-state index is 11.7. The van der Waals surface area contributed by atoms with Gasteiger partial charge in [0.05, 0.1) is 49.5 Å². The van der Waals surface area contributed by atoms with Crippen molar-refractivity contribution >= 4 is 30.2 Å². The van der Waals surface area contributed by atoms with Crippen molar-refractivity contribution in [3.8, 4) is 17.0 Å². The maximum absolute atomic E-state index is 11.7. The second-order valence-corrected chi connectivity index (χ2v) is 9.01. The summed E-state index contributed by atoms with van der Waals surface area (Å²) in [4.78, 5) is 21.2. The van der Waals surface area contributed by atoms with Crippen LogP contribution in [-0.4, -0.2) is 60.5 Å². The lowest BCUT2D eigenvalue weighted by molar-refractivity contribution is -0.116. The third-order valence-corrected chi connectivity index (χ3v) is 6.47. The average Bonchev–Trinajstić information content (AvgIpc) is 3.38. The van der Waals surface area contributed by atoms with Crippen LogP contribution >= 0.6 is 13.5 Å². The van der Waals surface area contributed by atoms with E-state index in [-0.39, 0.29) is 19.3 Å². The van der Waals surface area contributed by atoms with E-state index in [0.717, 1.165) is 58.9 Å². The number of aromatic nitrogens is 3. The highest BCUT2D eigenvalue weighted by Gasteiger charge is 2.39. The summed E-state index contributed by atoms with van der Waals surface area (Å²) in [5.74, 6) is 1.24. The van der Waals surface area contributed by atoms with Crippen LogP contribution in [0.5, 0.6) is 5.75 Å². The number of rotatable bonds is 8. The van der Waals surface area contributed by atoms with E-state index in [0.29, 0.717) is 32.2 Å². The molecule has 9 heteroatoms. The second kappa shape index (κ2) is 10.0. The van der Waals surface area contributed by atoms with Crippen molar-refractivity contribution in [3.05, 3.63) is 42.0 Å². The van der Waals surface area contributed by atoms with E-state index >= 15 is 0 Å². The minimum atomic E-state index is -0.598. The number of carbonyl (C=O) groups is 1. The molecule has 1 atom stereocenters. The zero-order chi connectivity index (χ0) is 23.0. The molecule has 2 aliphatic heterocycles. The fourth-order valence-corrected chi connectivity index (χ4v) is 4.45. The molecule has 2 fully saturated rings. The number of aryl methyl sites for hydroxylation is 1. The van der Waals surface area contributed by atoms with Crippen LogP contribution in [0.3, 0.4) is 0 Å². The zero-order valence-corrected chi connectivity index (χ0v) is 20.8. The fraction of sp³-hybridized carbons (Fsp3) is 0.480. The molecule has 2 saturated heterocycles. The van der Waals surface area contributed by atoms with Gasteiger partial charge in [0.2, 0.25) is 0 Å². The average molecular weight is 486 g/mol. The molecule has 0 bridgehead atoms. The highest BCUT2D eigenvalue weighted by atomic mass is 32.1. The molecule has 0 saturated carbocycles. The normalized spacial score (nSPS) is 20.2. The van der Waals surface area contributed by atoms with Crippen LogP contribution < -0.4 is 4.74 Å². The van der Waals surface area contributed by atoms with Crippen LogP contribution in [-0.2, 0) is 38.1 Å². The van der Waals surface area contributed by atoms with Crippen molar-refractivity contribution in [2.75, 3.05) is 40.1 Å². The molecule has 3 aromatic rings. The first-order valence-corrected chi connectivity index (χ1v) is 11.3. The number of methoxy groups -OCH3 is 1. The molecule has 0 amide bonds. The first-order chi connectivity index (χ1) is 16.0. The van der Waals surface area contributed by atoms with Gasteiger partial charge in [-0.2, -0.15) is 13.5 Å². The molecule has 0 radical (unpaired) electrons. The first kappa shape index (κ1) is 24.7. The number of Topliss-reactive ketones (excluding diaryl/α,β-unsaturated/α-hetero) is 1. The Kier molecular flexibility index (Phi) is 7.28. The minimum Gasteiger partial charge on any atom is -0.493 e. The van der Waals surface area contributed by atoms with Crippen molar-refractivity contribution < 1.29 is 23.7 Å². The minimum absolute atomic E-state index is 0. The Labute approximate surface area is 206 Å². The molecular formula is C25H31N3O5S. The molecule has 2 aliphatic rings. The Hall–Kier alpha value is -2.46. The zero-order valence-electron chi connectivity index (χ0n) is 19.8. The molecule has 0 aromatic carbocycles. The van der Waals surface area contributed by atoms with Gasteiger partial charge in [0.15, 0.2) is 0 Å². The fourth-order valence-electron chi connectivity index (χ4n) is 4.45. The summed E-state index contributed by atoms with van der Waals surface area (Å²) in [6, 6.07) is 5.93. The Morgan fingerprint density at radius 2 is 2.09 bits per heavy atom. The van der Waals surface area contributed by atoms with E-state index in [4.69, 9.17) is 23.9 Å². The second-order valence-electron chi connectivity index (χ2n) is 9.01. The van der Waals surface area contributed by atoms with E-state index in [1.807, 2.05) is 42.2 Å². The van der Waals surface area contributed by atoms with Gasteiger partial charge in [0, 0.05) is 74.5 Å². The number of hydrogen-bond donors (Lipinski definition) is 0. The van der Waals surface area contributed by atoms with Crippen molar-refractivity contribution in [2.24, 2.45) is 13.0 Å². The quantitative estimate of drug-likeness (QED) is 0.485. The van der Waals surface area contributed by atoms with E-state index in [1.54, 1.807) is 14.0 Å². The molecule has 34 heavy (non-hydrogen) atoms. The number of ketones is 1. The smallest absolute Gasteiger partial charge is 0.135 e. The first-order valence-electron chi connectivity index (χ1n) is 11.3. The van der Waals surface area contributed by atoms with E-state index < -0.39 is 5.60 Å². The summed E-state index contributed by atoms with van der Waals surface area (Å²) >= 11 is 0. The molecule has 8 nitrogen and oxygen atoms in total. The maximum Gasteiger partial charge on any atom is 0.135 e. The molecule has 0 unspecified atom stereocenters. The highest BCUT2D eigenvalue weighted by Crippen LogP contribution is 2.38. The summed E-state index contributed by atoms with van der Waals surface area (Å²) in [5, 5.41) is 1.00. The van der Waals surface area contributed by atoms with E-state index in [9.17, 15) is 4.79 Å². The lowest BCUT2D eigenvalue weighted by atomic mass is 9.96. The Morgan fingerprint density at radius 3 is 2.74 bits per heavy atom. The molecule has 5 heterocycles. The number of carbonyl (C=O) groups excluding carboxylic acids is 1. The predicted molar refractivity (Wildman–Crippen MR) is 133 cm³/mol. The van der Waals surface area contributed by atoms with Crippen molar-refractivity contribution in [3.63, 3.8) is 0 Å². The molecule has 182 valence electrons. The van der Waals surface area contributed by atoms with E-state index in [1.165, 1.54) is 0 Å². The van der Waals surface area contributed by atoms with Gasteiger partial charge in [-0.05, 0) is 13.0 Å². The molecule has 0 spiro atoms. The van der Waals surface area contributed by atoms with Crippen molar-refractivity contribution in [1.82, 2.24) is 14.5 Å². The Bertz CT molecular complexity index is 1180. The lowest BCUT2D eigenvalue weighted by Crippen LogP contribution is -2.33. The van der Waals surface area contributed by atoms with Gasteiger partial charge in [-0.15, -0.1) is 0 Å². The largest absolute Gasteiger partial charge is 0.493 e. The molecular weight excluding hydrogens is 454 g/mol. The number of nitrogens with zero attached hydrogens (tertiary/aromatic N) is 3. The van der Waals surface area contributed by atoms with Crippen LogP contribution in [0.25, 0.3) is 22.2 Å². The van der Waals surface area contributed by atoms with Crippen molar-refractivity contribution in [2.45, 2.75) is 25.4 Å². The van der Waals surface area contributed by atoms with Crippen LogP contribution in [0.4, 0.5) is 0 Å². The molecule has 3 aromatic heterocycles. The molecule has 0 N–H and O–H groups in total. The lowest BCUT2D eigenvalue weighted by Gasteiger charge is -2.28.